The third-order valence-electron chi connectivity index (χ3n) is 6.79. The van der Waals surface area contributed by atoms with Gasteiger partial charge in [0.2, 0.25) is 0 Å². The highest BCUT2D eigenvalue weighted by atomic mass is 16.3. The molecule has 4 unspecified atom stereocenters. The minimum absolute atomic E-state index is 0.00817. The van der Waals surface area contributed by atoms with Gasteiger partial charge in [-0.1, -0.05) is 26.3 Å². The van der Waals surface area contributed by atoms with Crippen LogP contribution in [-0.4, -0.2) is 11.6 Å². The lowest BCUT2D eigenvalue weighted by Gasteiger charge is -2.56. The van der Waals surface area contributed by atoms with Gasteiger partial charge in [-0.15, -0.1) is 0 Å². The van der Waals surface area contributed by atoms with E-state index in [2.05, 4.69) is 20.8 Å². The van der Waals surface area contributed by atoms with Gasteiger partial charge in [-0.3, -0.25) is 9.59 Å². The molecule has 0 amide bonds. The lowest BCUT2D eigenvalue weighted by molar-refractivity contribution is -0.145. The summed E-state index contributed by atoms with van der Waals surface area (Å²) in [7, 11) is 0. The van der Waals surface area contributed by atoms with Gasteiger partial charge in [0.25, 0.3) is 0 Å². The summed E-state index contributed by atoms with van der Waals surface area (Å²) >= 11 is 0. The Morgan fingerprint density at radius 2 is 2.04 bits per heavy atom. The molecule has 3 rings (SSSR count). The highest BCUT2D eigenvalue weighted by Gasteiger charge is 2.57. The number of rotatable bonds is 3. The van der Waals surface area contributed by atoms with Crippen LogP contribution in [0.4, 0.5) is 0 Å². The van der Waals surface area contributed by atoms with Crippen LogP contribution in [0.3, 0.4) is 0 Å². The van der Waals surface area contributed by atoms with Crippen molar-refractivity contribution in [3.63, 3.8) is 0 Å². The van der Waals surface area contributed by atoms with Crippen molar-refractivity contribution in [3.8, 4) is 0 Å². The molecule has 23 heavy (non-hydrogen) atoms. The van der Waals surface area contributed by atoms with E-state index in [0.29, 0.717) is 18.6 Å². The molecule has 0 aromatic carbocycles. The molecule has 3 heteroatoms. The molecular weight excluding hydrogens is 288 g/mol. The molecule has 0 saturated heterocycles. The van der Waals surface area contributed by atoms with Gasteiger partial charge >= 0.3 is 0 Å². The van der Waals surface area contributed by atoms with Crippen LogP contribution in [0.25, 0.3) is 0 Å². The van der Waals surface area contributed by atoms with Gasteiger partial charge in [0.05, 0.1) is 12.5 Å². The van der Waals surface area contributed by atoms with Crippen LogP contribution in [0.1, 0.15) is 52.5 Å². The maximum Gasteiger partial charge on any atom is 0.155 e. The van der Waals surface area contributed by atoms with Crippen LogP contribution in [0, 0.1) is 22.7 Å². The van der Waals surface area contributed by atoms with E-state index in [0.717, 1.165) is 24.0 Å². The Morgan fingerprint density at radius 3 is 2.70 bits per heavy atom. The minimum atomic E-state index is -0.178. The molecule has 124 valence electrons. The van der Waals surface area contributed by atoms with E-state index in [1.54, 1.807) is 18.6 Å². The number of hydrogen-bond acceptors (Lipinski definition) is 3. The molecule has 4 atom stereocenters. The normalized spacial score (nSPS) is 37.5. The summed E-state index contributed by atoms with van der Waals surface area (Å²) < 4.78 is 5.17. The molecule has 0 N–H and O–H groups in total. The second-order valence-corrected chi connectivity index (χ2v) is 7.97. The highest BCUT2D eigenvalue weighted by Crippen LogP contribution is 2.60. The number of Topliss-reactive ketones (excluding diaryl/α,β-unsaturated/α-hetero) is 1. The third-order valence-corrected chi connectivity index (χ3v) is 6.79. The minimum Gasteiger partial charge on any atom is -0.472 e. The Labute approximate surface area is 138 Å². The molecule has 2 aliphatic carbocycles. The largest absolute Gasteiger partial charge is 0.472 e. The Bertz CT molecular complexity index is 654. The molecule has 1 aromatic rings. The van der Waals surface area contributed by atoms with Crippen LogP contribution in [0.2, 0.25) is 0 Å². The number of furan rings is 1. The van der Waals surface area contributed by atoms with Gasteiger partial charge in [-0.05, 0) is 54.2 Å². The van der Waals surface area contributed by atoms with Gasteiger partial charge in [-0.25, -0.2) is 0 Å². The molecular formula is C20H26O3. The average Bonchev–Trinajstić information content (AvgIpc) is 3.00. The second-order valence-electron chi connectivity index (χ2n) is 7.97. The average molecular weight is 314 g/mol. The van der Waals surface area contributed by atoms with E-state index in [1.165, 1.54) is 0 Å². The summed E-state index contributed by atoms with van der Waals surface area (Å²) in [5.41, 5.74) is 1.90. The number of aryl methyl sites for hydroxylation is 1. The summed E-state index contributed by atoms with van der Waals surface area (Å²) in [4.78, 5) is 24.9. The highest BCUT2D eigenvalue weighted by molar-refractivity contribution is 5.93. The summed E-state index contributed by atoms with van der Waals surface area (Å²) in [5.74, 6) is 0.764. The number of carbonyl (C=O) groups is 2. The van der Waals surface area contributed by atoms with Crippen molar-refractivity contribution >= 4 is 11.6 Å². The number of fused-ring (bicyclic) bond motifs is 1. The number of hydrogen-bond donors (Lipinski definition) is 0. The van der Waals surface area contributed by atoms with Gasteiger partial charge < -0.3 is 4.42 Å². The SMILES string of the molecule is CC1=CC(=O)CC2C1(C)CC(=O)C(C)C2(C)CCc1ccoc1. The molecule has 1 saturated carbocycles. The number of carbonyl (C=O) groups excluding carboxylic acids is 2. The number of allylic oxidation sites excluding steroid dienone is 2. The predicted octanol–water partition coefficient (Wildman–Crippen LogP) is 4.37. The summed E-state index contributed by atoms with van der Waals surface area (Å²) in [6.07, 6.45) is 8.14. The topological polar surface area (TPSA) is 47.3 Å². The van der Waals surface area contributed by atoms with E-state index >= 15 is 0 Å². The zero-order valence-electron chi connectivity index (χ0n) is 14.5. The van der Waals surface area contributed by atoms with Gasteiger partial charge in [0.1, 0.15) is 5.78 Å². The molecule has 0 spiro atoms. The Hall–Kier alpha value is -1.64. The molecule has 0 aliphatic heterocycles. The zero-order valence-corrected chi connectivity index (χ0v) is 14.5. The monoisotopic (exact) mass is 314 g/mol. The van der Waals surface area contributed by atoms with Crippen LogP contribution in [0.15, 0.2) is 34.7 Å². The summed E-state index contributed by atoms with van der Waals surface area (Å²) in [5, 5.41) is 0. The van der Waals surface area contributed by atoms with Crippen molar-refractivity contribution < 1.29 is 14.0 Å². The fourth-order valence-electron chi connectivity index (χ4n) is 4.81. The molecule has 1 heterocycles. The summed E-state index contributed by atoms with van der Waals surface area (Å²) in [6.45, 7) is 8.46. The van der Waals surface area contributed by atoms with Crippen molar-refractivity contribution in [2.45, 2.75) is 53.4 Å². The van der Waals surface area contributed by atoms with E-state index in [1.807, 2.05) is 13.0 Å². The zero-order chi connectivity index (χ0) is 16.8. The molecule has 2 aliphatic rings. The first-order valence-corrected chi connectivity index (χ1v) is 8.53. The lowest BCUT2D eigenvalue weighted by Crippen LogP contribution is -2.54. The lowest BCUT2D eigenvalue weighted by atomic mass is 9.46. The van der Waals surface area contributed by atoms with Gasteiger partial charge in [-0.2, -0.15) is 0 Å². The molecule has 3 nitrogen and oxygen atoms in total. The second kappa shape index (κ2) is 5.47. The van der Waals surface area contributed by atoms with E-state index in [4.69, 9.17) is 4.42 Å². The standard InChI is InChI=1S/C20H26O3/c1-13-9-16(21)10-18-19(3,7-5-15-6-8-23-12-15)14(2)17(22)11-20(13,18)4/h6,8-9,12,14,18H,5,7,10-11H2,1-4H3. The van der Waals surface area contributed by atoms with Gasteiger partial charge in [0.15, 0.2) is 5.78 Å². The fraction of sp³-hybridized carbons (Fsp3) is 0.600. The molecule has 0 bridgehead atoms. The van der Waals surface area contributed by atoms with Crippen molar-refractivity contribution in [2.24, 2.45) is 22.7 Å². The van der Waals surface area contributed by atoms with Crippen LogP contribution in [-0.2, 0) is 16.0 Å². The maximum absolute atomic E-state index is 12.7. The van der Waals surface area contributed by atoms with Crippen molar-refractivity contribution in [3.05, 3.63) is 35.8 Å². The third kappa shape index (κ3) is 2.50. The maximum atomic E-state index is 12.7. The quantitative estimate of drug-likeness (QED) is 0.832. The molecule has 1 aromatic heterocycles. The van der Waals surface area contributed by atoms with Crippen molar-refractivity contribution in [2.75, 3.05) is 0 Å². The van der Waals surface area contributed by atoms with Crippen LogP contribution < -0.4 is 0 Å². The van der Waals surface area contributed by atoms with Crippen molar-refractivity contribution in [1.29, 1.82) is 0 Å². The Balaban J connectivity index is 1.96. The number of ketones is 2. The van der Waals surface area contributed by atoms with E-state index < -0.39 is 0 Å². The fourth-order valence-corrected chi connectivity index (χ4v) is 4.81. The first-order chi connectivity index (χ1) is 10.8. The van der Waals surface area contributed by atoms with Crippen LogP contribution >= 0.6 is 0 Å². The Morgan fingerprint density at radius 1 is 1.30 bits per heavy atom. The first-order valence-electron chi connectivity index (χ1n) is 8.53. The molecule has 0 radical (unpaired) electrons. The van der Waals surface area contributed by atoms with E-state index in [-0.39, 0.29) is 28.4 Å². The summed E-state index contributed by atoms with van der Waals surface area (Å²) in [6, 6.07) is 1.98. The predicted molar refractivity (Wildman–Crippen MR) is 88.9 cm³/mol. The van der Waals surface area contributed by atoms with E-state index in [9.17, 15) is 9.59 Å². The van der Waals surface area contributed by atoms with Gasteiger partial charge in [0, 0.05) is 18.8 Å². The molecule has 1 fully saturated rings. The van der Waals surface area contributed by atoms with Crippen LogP contribution in [0.5, 0.6) is 0 Å². The first kappa shape index (κ1) is 16.2. The smallest absolute Gasteiger partial charge is 0.155 e. The van der Waals surface area contributed by atoms with Crippen molar-refractivity contribution in [1.82, 2.24) is 0 Å². The Kier molecular flexibility index (Phi) is 3.86.